The molecule has 2 rings (SSSR count). The van der Waals surface area contributed by atoms with Crippen molar-refractivity contribution in [3.63, 3.8) is 0 Å². The molecule has 0 saturated heterocycles. The van der Waals surface area contributed by atoms with Crippen LogP contribution in [0.1, 0.15) is 10.4 Å². The van der Waals surface area contributed by atoms with Crippen LogP contribution in [0, 0.1) is 0 Å². The van der Waals surface area contributed by atoms with E-state index in [1.165, 1.54) is 12.1 Å². The maximum atomic E-state index is 11.6. The van der Waals surface area contributed by atoms with E-state index in [9.17, 15) is 9.90 Å². The maximum absolute atomic E-state index is 11.6. The first-order chi connectivity index (χ1) is 7.75. The minimum atomic E-state index is -0.414. The zero-order valence-electron chi connectivity index (χ0n) is 8.33. The second-order valence-electron chi connectivity index (χ2n) is 3.13. The quantitative estimate of drug-likeness (QED) is 0.638. The van der Waals surface area contributed by atoms with Gasteiger partial charge in [0.2, 0.25) is 0 Å². The molecule has 0 radical (unpaired) electrons. The molecule has 1 N–H and O–H groups in total. The van der Waals surface area contributed by atoms with Crippen molar-refractivity contribution in [1.82, 2.24) is 0 Å². The van der Waals surface area contributed by atoms with E-state index in [1.54, 1.807) is 30.1 Å². The summed E-state index contributed by atoms with van der Waals surface area (Å²) in [6, 6.07) is 9.66. The summed E-state index contributed by atoms with van der Waals surface area (Å²) in [4.78, 5) is 11.6. The molecule has 3 nitrogen and oxygen atoms in total. The minimum Gasteiger partial charge on any atom is -0.508 e. The highest BCUT2D eigenvalue weighted by molar-refractivity contribution is 7.28. The Hall–Kier alpha value is -1.86. The Labute approximate surface area is 94.4 Å². The van der Waals surface area contributed by atoms with Crippen LogP contribution in [0.4, 0.5) is 0 Å². The van der Waals surface area contributed by atoms with Gasteiger partial charge < -0.3 is 9.84 Å². The standard InChI is InChI=1S/C12H9O3P/c13-10-4-1-5-11(7-10)15-12(14)9-3-2-6-16-8-9/h1-8,13H. The fourth-order valence-electron chi connectivity index (χ4n) is 1.20. The number of hydrogen-bond acceptors (Lipinski definition) is 3. The van der Waals surface area contributed by atoms with Crippen molar-refractivity contribution < 1.29 is 14.6 Å². The van der Waals surface area contributed by atoms with Crippen LogP contribution in [0.3, 0.4) is 0 Å². The minimum absolute atomic E-state index is 0.0740. The fourth-order valence-corrected chi connectivity index (χ4v) is 1.82. The lowest BCUT2D eigenvalue weighted by molar-refractivity contribution is 0.0735. The molecule has 4 heteroatoms. The molecule has 0 amide bonds. The Morgan fingerprint density at radius 2 is 2.12 bits per heavy atom. The first kappa shape index (κ1) is 10.7. The normalized spacial score (nSPS) is 10.2. The predicted molar refractivity (Wildman–Crippen MR) is 62.0 cm³/mol. The summed E-state index contributed by atoms with van der Waals surface area (Å²) >= 11 is 0. The van der Waals surface area contributed by atoms with Crippen LogP contribution in [0.2, 0.25) is 0 Å². The van der Waals surface area contributed by atoms with E-state index in [0.717, 1.165) is 8.19 Å². The summed E-state index contributed by atoms with van der Waals surface area (Å²) in [5, 5.41) is 9.21. The van der Waals surface area contributed by atoms with Crippen LogP contribution < -0.4 is 4.74 Å². The van der Waals surface area contributed by atoms with Crippen molar-refractivity contribution in [1.29, 1.82) is 0 Å². The molecule has 1 heterocycles. The van der Waals surface area contributed by atoms with Crippen LogP contribution in [-0.4, -0.2) is 11.1 Å². The third-order valence-electron chi connectivity index (χ3n) is 1.93. The van der Waals surface area contributed by atoms with Gasteiger partial charge in [-0.15, -0.1) is 0 Å². The Morgan fingerprint density at radius 3 is 2.81 bits per heavy atom. The van der Waals surface area contributed by atoms with Crippen molar-refractivity contribution in [2.75, 3.05) is 0 Å². The Bertz CT molecular complexity index is 497. The SMILES string of the molecule is O=C(Oc1cccc(O)c1)c1cccpc1. The molecule has 80 valence electrons. The van der Waals surface area contributed by atoms with Gasteiger partial charge in [-0.1, -0.05) is 20.3 Å². The summed E-state index contributed by atoms with van der Waals surface area (Å²) < 4.78 is 5.10. The third-order valence-corrected chi connectivity index (χ3v) is 2.70. The van der Waals surface area contributed by atoms with Gasteiger partial charge >= 0.3 is 5.97 Å². The van der Waals surface area contributed by atoms with Gasteiger partial charge in [0, 0.05) is 6.07 Å². The van der Waals surface area contributed by atoms with Gasteiger partial charge in [0.25, 0.3) is 0 Å². The summed E-state index contributed by atoms with van der Waals surface area (Å²) in [7, 11) is 0.965. The number of esters is 1. The molecule has 1 aromatic carbocycles. The molecule has 0 unspecified atom stereocenters. The third kappa shape index (κ3) is 2.59. The van der Waals surface area contributed by atoms with Crippen LogP contribution in [0.25, 0.3) is 0 Å². The van der Waals surface area contributed by atoms with E-state index in [0.29, 0.717) is 11.3 Å². The number of carbonyl (C=O) groups is 1. The molecule has 1 aromatic heterocycles. The second-order valence-corrected chi connectivity index (χ2v) is 3.98. The summed E-state index contributed by atoms with van der Waals surface area (Å²) in [6.45, 7) is 0. The molecular formula is C12H9O3P. The number of carbonyl (C=O) groups excluding carboxylic acids is 1. The largest absolute Gasteiger partial charge is 0.508 e. The zero-order chi connectivity index (χ0) is 11.4. The fraction of sp³-hybridized carbons (Fsp3) is 0. The predicted octanol–water partition coefficient (Wildman–Crippen LogP) is 3.19. The van der Waals surface area contributed by atoms with Gasteiger partial charge in [-0.2, -0.15) is 0 Å². The number of ether oxygens (including phenoxy) is 1. The first-order valence-electron chi connectivity index (χ1n) is 4.67. The van der Waals surface area contributed by atoms with Crippen LogP contribution in [-0.2, 0) is 0 Å². The average molecular weight is 232 g/mol. The molecule has 0 aliphatic rings. The molecular weight excluding hydrogens is 223 g/mol. The lowest BCUT2D eigenvalue weighted by Gasteiger charge is -2.03. The topological polar surface area (TPSA) is 46.5 Å². The first-order valence-corrected chi connectivity index (χ1v) is 5.70. The zero-order valence-corrected chi connectivity index (χ0v) is 9.22. The summed E-state index contributed by atoms with van der Waals surface area (Å²) in [5.41, 5.74) is 0.521. The van der Waals surface area contributed by atoms with E-state index >= 15 is 0 Å². The molecule has 16 heavy (non-hydrogen) atoms. The van der Waals surface area contributed by atoms with Crippen molar-refractivity contribution in [2.24, 2.45) is 0 Å². The van der Waals surface area contributed by atoms with Gasteiger partial charge in [-0.05, 0) is 29.8 Å². The van der Waals surface area contributed by atoms with Crippen LogP contribution in [0.15, 0.2) is 48.0 Å². The summed E-state index contributed by atoms with van der Waals surface area (Å²) in [5.74, 6) is 3.69. The van der Waals surface area contributed by atoms with Gasteiger partial charge in [0.05, 0.1) is 5.56 Å². The van der Waals surface area contributed by atoms with Gasteiger partial charge in [0.15, 0.2) is 0 Å². The van der Waals surface area contributed by atoms with Crippen molar-refractivity contribution in [3.05, 3.63) is 53.6 Å². The highest BCUT2D eigenvalue weighted by Crippen LogP contribution is 2.19. The van der Waals surface area contributed by atoms with Crippen molar-refractivity contribution in [3.8, 4) is 11.5 Å². The number of benzene rings is 1. The second kappa shape index (κ2) is 4.77. The van der Waals surface area contributed by atoms with E-state index in [4.69, 9.17) is 4.74 Å². The molecule has 0 bridgehead atoms. The molecule has 2 aromatic rings. The monoisotopic (exact) mass is 232 g/mol. The van der Waals surface area contributed by atoms with Crippen LogP contribution >= 0.6 is 8.19 Å². The maximum Gasteiger partial charge on any atom is 0.343 e. The van der Waals surface area contributed by atoms with Gasteiger partial charge in [-0.25, -0.2) is 4.79 Å². The lowest BCUT2D eigenvalue weighted by Crippen LogP contribution is -2.07. The van der Waals surface area contributed by atoms with E-state index in [1.807, 2.05) is 5.80 Å². The highest BCUT2D eigenvalue weighted by Gasteiger charge is 2.07. The Morgan fingerprint density at radius 1 is 1.25 bits per heavy atom. The van der Waals surface area contributed by atoms with E-state index in [2.05, 4.69) is 0 Å². The highest BCUT2D eigenvalue weighted by atomic mass is 31.0. The molecule has 0 atom stereocenters. The number of hydrogen-bond donors (Lipinski definition) is 1. The lowest BCUT2D eigenvalue weighted by atomic mass is 10.3. The van der Waals surface area contributed by atoms with E-state index < -0.39 is 5.97 Å². The molecule has 0 spiro atoms. The number of phenolic OH excluding ortho intramolecular Hbond substituents is 1. The number of aromatic hydroxyl groups is 1. The molecule has 0 aliphatic heterocycles. The van der Waals surface area contributed by atoms with Crippen molar-refractivity contribution in [2.45, 2.75) is 0 Å². The van der Waals surface area contributed by atoms with Crippen molar-refractivity contribution >= 4 is 14.2 Å². The molecule has 0 fully saturated rings. The number of rotatable bonds is 2. The average Bonchev–Trinajstić information content (AvgIpc) is 2.30. The Kier molecular flexibility index (Phi) is 3.18. The van der Waals surface area contributed by atoms with Crippen LogP contribution in [0.5, 0.6) is 11.5 Å². The molecule has 0 saturated carbocycles. The Balaban J connectivity index is 2.14. The van der Waals surface area contributed by atoms with Gasteiger partial charge in [-0.3, -0.25) is 0 Å². The van der Waals surface area contributed by atoms with Gasteiger partial charge in [0.1, 0.15) is 11.5 Å². The van der Waals surface area contributed by atoms with E-state index in [-0.39, 0.29) is 5.75 Å². The summed E-state index contributed by atoms with van der Waals surface area (Å²) in [6.07, 6.45) is 0. The number of phenols is 1. The molecule has 0 aliphatic carbocycles. The smallest absolute Gasteiger partial charge is 0.343 e.